The molecule has 1 saturated heterocycles. The molecular formula is C35H49Cl2N3O4. The van der Waals surface area contributed by atoms with Crippen LogP contribution in [-0.2, 0) is 20.7 Å². The van der Waals surface area contributed by atoms with Crippen LogP contribution < -0.4 is 14.5 Å². The van der Waals surface area contributed by atoms with E-state index in [1.54, 1.807) is 11.8 Å². The number of rotatable bonds is 17. The Morgan fingerprint density at radius 1 is 0.886 bits per heavy atom. The van der Waals surface area contributed by atoms with Gasteiger partial charge in [0.15, 0.2) is 6.23 Å². The van der Waals surface area contributed by atoms with Crippen LogP contribution in [0.5, 0.6) is 5.75 Å². The molecule has 0 aromatic heterocycles. The van der Waals surface area contributed by atoms with Crippen molar-refractivity contribution in [3.63, 3.8) is 0 Å². The quantitative estimate of drug-likeness (QED) is 0.127. The zero-order valence-electron chi connectivity index (χ0n) is 26.5. The van der Waals surface area contributed by atoms with Crippen LogP contribution in [0.25, 0.3) is 0 Å². The van der Waals surface area contributed by atoms with Gasteiger partial charge in [0, 0.05) is 45.1 Å². The first-order valence-corrected chi connectivity index (χ1v) is 17.3. The van der Waals surface area contributed by atoms with Crippen molar-refractivity contribution in [3.8, 4) is 5.75 Å². The average molecular weight is 647 g/mol. The van der Waals surface area contributed by atoms with Crippen LogP contribution in [0.4, 0.5) is 11.4 Å². The van der Waals surface area contributed by atoms with Crippen LogP contribution in [0, 0.1) is 0 Å². The first-order valence-electron chi connectivity index (χ1n) is 16.6. The number of anilines is 2. The van der Waals surface area contributed by atoms with Crippen LogP contribution in [0.1, 0.15) is 90.0 Å². The van der Waals surface area contributed by atoms with Gasteiger partial charge in [0.1, 0.15) is 5.75 Å². The molecule has 44 heavy (non-hydrogen) atoms. The molecule has 9 heteroatoms. The number of hydrogen-bond acceptors (Lipinski definition) is 6. The first-order chi connectivity index (χ1) is 21.4. The van der Waals surface area contributed by atoms with Crippen LogP contribution >= 0.6 is 23.2 Å². The Kier molecular flexibility index (Phi) is 14.0. The lowest BCUT2D eigenvalue weighted by molar-refractivity contribution is -0.149. The minimum Gasteiger partial charge on any atom is -0.494 e. The number of benzene rings is 2. The number of unbranched alkanes of at least 4 members (excludes halogenated alkanes) is 7. The number of aryl methyl sites for hydroxylation is 1. The van der Waals surface area contributed by atoms with E-state index in [2.05, 4.69) is 16.7 Å². The number of amides is 1. The number of halogens is 2. The Labute approximate surface area is 273 Å². The van der Waals surface area contributed by atoms with Crippen molar-refractivity contribution in [2.75, 3.05) is 49.1 Å². The summed E-state index contributed by atoms with van der Waals surface area (Å²) in [6.45, 7) is 9.45. The third-order valence-corrected chi connectivity index (χ3v) is 9.43. The second kappa shape index (κ2) is 17.9. The second-order valence-corrected chi connectivity index (χ2v) is 12.8. The molecule has 2 heterocycles. The summed E-state index contributed by atoms with van der Waals surface area (Å²) in [5, 5.41) is 1.22. The maximum Gasteiger partial charge on any atom is 0.307 e. The van der Waals surface area contributed by atoms with Crippen molar-refractivity contribution in [1.82, 2.24) is 4.90 Å². The number of esters is 1. The number of ether oxygens (including phenoxy) is 2. The average Bonchev–Trinajstić information content (AvgIpc) is 3.02. The molecule has 2 aromatic rings. The van der Waals surface area contributed by atoms with Gasteiger partial charge < -0.3 is 14.4 Å². The fraction of sp³-hybridized carbons (Fsp3) is 0.600. The minimum atomic E-state index is -0.649. The van der Waals surface area contributed by atoms with Crippen molar-refractivity contribution in [2.45, 2.75) is 97.1 Å². The molecule has 1 atom stereocenters. The molecule has 2 aliphatic heterocycles. The lowest BCUT2D eigenvalue weighted by Crippen LogP contribution is -2.46. The standard InChI is InChI=1S/C35H49Cl2N3O4/c1-3-4-5-6-7-8-9-15-34(42)44-27(2)40-32-26-29(18-16-28(32)17-19-33(40)41)43-25-11-10-20-38-21-23-39(24-22-38)31-14-12-13-30(36)35(31)37/h12-14,16,18,26-27H,3-11,15,17,19-25H2,1-2H3. The molecule has 2 aliphatic rings. The summed E-state index contributed by atoms with van der Waals surface area (Å²) in [6.07, 6.45) is 10.8. The van der Waals surface area contributed by atoms with Crippen molar-refractivity contribution in [2.24, 2.45) is 0 Å². The molecule has 242 valence electrons. The van der Waals surface area contributed by atoms with Crippen LogP contribution in [-0.4, -0.2) is 62.3 Å². The van der Waals surface area contributed by atoms with E-state index in [0.717, 1.165) is 87.5 Å². The summed E-state index contributed by atoms with van der Waals surface area (Å²) in [4.78, 5) is 31.9. The van der Waals surface area contributed by atoms with E-state index >= 15 is 0 Å². The normalized spacial score (nSPS) is 16.1. The third-order valence-electron chi connectivity index (χ3n) is 8.62. The molecule has 4 rings (SSSR count). The Hall–Kier alpha value is -2.48. The van der Waals surface area contributed by atoms with E-state index in [9.17, 15) is 9.59 Å². The summed E-state index contributed by atoms with van der Waals surface area (Å²) in [5.74, 6) is 0.466. The Balaban J connectivity index is 1.18. The SMILES string of the molecule is CCCCCCCCCC(=O)OC(C)N1C(=O)CCc2ccc(OCCCCN3CCN(c4cccc(Cl)c4Cl)CC3)cc21. The lowest BCUT2D eigenvalue weighted by Gasteiger charge is -2.36. The Bertz CT molecular complexity index is 1220. The van der Waals surface area contributed by atoms with Gasteiger partial charge in [0.25, 0.3) is 0 Å². The molecule has 7 nitrogen and oxygen atoms in total. The predicted octanol–water partition coefficient (Wildman–Crippen LogP) is 8.28. The zero-order valence-corrected chi connectivity index (χ0v) is 28.0. The summed E-state index contributed by atoms with van der Waals surface area (Å²) in [6, 6.07) is 11.7. The second-order valence-electron chi connectivity index (χ2n) is 12.0. The van der Waals surface area contributed by atoms with Crippen LogP contribution in [0.3, 0.4) is 0 Å². The van der Waals surface area contributed by atoms with Crippen LogP contribution in [0.2, 0.25) is 10.0 Å². The van der Waals surface area contributed by atoms with E-state index in [1.165, 1.54) is 25.7 Å². The highest BCUT2D eigenvalue weighted by atomic mass is 35.5. The number of nitrogens with zero attached hydrogens (tertiary/aromatic N) is 3. The minimum absolute atomic E-state index is 0.0244. The Morgan fingerprint density at radius 2 is 1.64 bits per heavy atom. The zero-order chi connectivity index (χ0) is 31.3. The molecule has 0 radical (unpaired) electrons. The smallest absolute Gasteiger partial charge is 0.307 e. The highest BCUT2D eigenvalue weighted by molar-refractivity contribution is 6.43. The van der Waals surface area contributed by atoms with Crippen molar-refractivity contribution < 1.29 is 19.1 Å². The summed E-state index contributed by atoms with van der Waals surface area (Å²) < 4.78 is 11.8. The number of carbonyl (C=O) groups is 2. The highest BCUT2D eigenvalue weighted by Gasteiger charge is 2.30. The van der Waals surface area contributed by atoms with Gasteiger partial charge in [-0.2, -0.15) is 0 Å². The van der Waals surface area contributed by atoms with Gasteiger partial charge >= 0.3 is 5.97 Å². The van der Waals surface area contributed by atoms with Gasteiger partial charge in [-0.15, -0.1) is 0 Å². The van der Waals surface area contributed by atoms with E-state index in [1.807, 2.05) is 36.4 Å². The largest absolute Gasteiger partial charge is 0.494 e. The number of hydrogen-bond donors (Lipinski definition) is 0. The molecule has 0 spiro atoms. The van der Waals surface area contributed by atoms with Crippen LogP contribution in [0.15, 0.2) is 36.4 Å². The lowest BCUT2D eigenvalue weighted by atomic mass is 10.0. The molecule has 1 fully saturated rings. The van der Waals surface area contributed by atoms with Crippen molar-refractivity contribution in [3.05, 3.63) is 52.0 Å². The van der Waals surface area contributed by atoms with Gasteiger partial charge in [-0.25, -0.2) is 0 Å². The summed E-state index contributed by atoms with van der Waals surface area (Å²) in [7, 11) is 0. The molecule has 0 bridgehead atoms. The first kappa shape index (κ1) is 34.4. The number of carbonyl (C=O) groups excluding carboxylic acids is 2. The molecular weight excluding hydrogens is 597 g/mol. The fourth-order valence-corrected chi connectivity index (χ4v) is 6.48. The van der Waals surface area contributed by atoms with Gasteiger partial charge in [-0.1, -0.05) is 80.8 Å². The Morgan fingerprint density at radius 3 is 2.41 bits per heavy atom. The molecule has 0 N–H and O–H groups in total. The van der Waals surface area contributed by atoms with Gasteiger partial charge in [0.05, 0.1) is 28.0 Å². The maximum atomic E-state index is 12.9. The molecule has 2 aromatic carbocycles. The molecule has 0 saturated carbocycles. The van der Waals surface area contributed by atoms with Crippen molar-refractivity contribution in [1.29, 1.82) is 0 Å². The van der Waals surface area contributed by atoms with Gasteiger partial charge in [-0.05, 0) is 62.9 Å². The highest BCUT2D eigenvalue weighted by Crippen LogP contribution is 2.34. The summed E-state index contributed by atoms with van der Waals surface area (Å²) >= 11 is 12.6. The van der Waals surface area contributed by atoms with Gasteiger partial charge in [0.2, 0.25) is 5.91 Å². The predicted molar refractivity (Wildman–Crippen MR) is 180 cm³/mol. The van der Waals surface area contributed by atoms with E-state index in [-0.39, 0.29) is 11.9 Å². The summed E-state index contributed by atoms with van der Waals surface area (Å²) in [5.41, 5.74) is 2.87. The number of piperazine rings is 1. The van der Waals surface area contributed by atoms with Crippen molar-refractivity contribution >= 4 is 46.5 Å². The van der Waals surface area contributed by atoms with E-state index in [4.69, 9.17) is 32.7 Å². The van der Waals surface area contributed by atoms with Gasteiger partial charge in [-0.3, -0.25) is 19.4 Å². The maximum absolute atomic E-state index is 12.9. The van der Waals surface area contributed by atoms with E-state index < -0.39 is 6.23 Å². The molecule has 0 aliphatic carbocycles. The topological polar surface area (TPSA) is 62.3 Å². The molecule has 1 amide bonds. The van der Waals surface area contributed by atoms with E-state index in [0.29, 0.717) is 35.9 Å². The number of fused-ring (bicyclic) bond motifs is 1. The third kappa shape index (κ3) is 10.0. The monoisotopic (exact) mass is 645 g/mol. The molecule has 1 unspecified atom stereocenters. The fourth-order valence-electron chi connectivity index (χ4n) is 6.07.